The number of hydrogen-bond acceptors (Lipinski definition) is 5. The standard InChI is InChI=1S/C16H12ClN3O3S/c17-12-6-10(7-13-15(12)23-9-22-13)16(21)19-14-3-4-18-20(14)8-11-2-1-5-24-11/h1-7H,8-9H2,(H,19,21). The van der Waals surface area contributed by atoms with E-state index < -0.39 is 0 Å². The molecule has 2 aromatic heterocycles. The Morgan fingerprint density at radius 3 is 3.12 bits per heavy atom. The maximum absolute atomic E-state index is 12.5. The van der Waals surface area contributed by atoms with Gasteiger partial charge in [0.25, 0.3) is 5.91 Å². The zero-order valence-electron chi connectivity index (χ0n) is 12.4. The van der Waals surface area contributed by atoms with Crippen molar-refractivity contribution in [2.45, 2.75) is 6.54 Å². The van der Waals surface area contributed by atoms with Crippen molar-refractivity contribution < 1.29 is 14.3 Å². The number of hydrogen-bond donors (Lipinski definition) is 1. The van der Waals surface area contributed by atoms with Crippen molar-refractivity contribution in [1.29, 1.82) is 0 Å². The van der Waals surface area contributed by atoms with Gasteiger partial charge in [0.05, 0.1) is 17.8 Å². The Kier molecular flexibility index (Phi) is 3.87. The normalized spacial score (nSPS) is 12.4. The Balaban J connectivity index is 1.55. The highest BCUT2D eigenvalue weighted by molar-refractivity contribution is 7.09. The van der Waals surface area contributed by atoms with Crippen LogP contribution in [0.3, 0.4) is 0 Å². The van der Waals surface area contributed by atoms with Crippen molar-refractivity contribution >= 4 is 34.7 Å². The monoisotopic (exact) mass is 361 g/mol. The third kappa shape index (κ3) is 2.83. The number of amides is 1. The molecule has 0 spiro atoms. The Morgan fingerprint density at radius 1 is 1.38 bits per heavy atom. The van der Waals surface area contributed by atoms with Crippen LogP contribution in [0.15, 0.2) is 41.9 Å². The van der Waals surface area contributed by atoms with E-state index in [9.17, 15) is 4.79 Å². The van der Waals surface area contributed by atoms with Crippen LogP contribution in [0, 0.1) is 0 Å². The fourth-order valence-electron chi connectivity index (χ4n) is 2.40. The van der Waals surface area contributed by atoms with Crippen LogP contribution >= 0.6 is 22.9 Å². The zero-order valence-corrected chi connectivity index (χ0v) is 13.9. The Labute approximate surface area is 146 Å². The minimum atomic E-state index is -0.289. The van der Waals surface area contributed by atoms with E-state index in [4.69, 9.17) is 21.1 Å². The summed E-state index contributed by atoms with van der Waals surface area (Å²) in [6.07, 6.45) is 1.65. The third-order valence-electron chi connectivity index (χ3n) is 3.53. The average Bonchev–Trinajstić information content (AvgIpc) is 3.30. The van der Waals surface area contributed by atoms with Crippen molar-refractivity contribution in [1.82, 2.24) is 9.78 Å². The molecule has 0 saturated heterocycles. The summed E-state index contributed by atoms with van der Waals surface area (Å²) in [6, 6.07) is 8.93. The molecule has 0 radical (unpaired) electrons. The molecule has 3 heterocycles. The molecule has 1 aromatic carbocycles. The van der Waals surface area contributed by atoms with E-state index in [1.807, 2.05) is 17.5 Å². The minimum Gasteiger partial charge on any atom is -0.454 e. The summed E-state index contributed by atoms with van der Waals surface area (Å²) in [6.45, 7) is 0.704. The fourth-order valence-corrected chi connectivity index (χ4v) is 3.35. The Bertz CT molecular complexity index is 892. The molecule has 1 aliphatic heterocycles. The predicted octanol–water partition coefficient (Wildman–Crippen LogP) is 3.63. The number of carbonyl (C=O) groups is 1. The molecule has 3 aromatic rings. The molecule has 1 amide bonds. The van der Waals surface area contributed by atoms with Gasteiger partial charge in [0.2, 0.25) is 6.79 Å². The number of fused-ring (bicyclic) bond motifs is 1. The summed E-state index contributed by atoms with van der Waals surface area (Å²) in [4.78, 5) is 13.7. The van der Waals surface area contributed by atoms with Gasteiger partial charge in [-0.1, -0.05) is 17.7 Å². The summed E-state index contributed by atoms with van der Waals surface area (Å²) < 4.78 is 12.3. The Morgan fingerprint density at radius 2 is 2.29 bits per heavy atom. The lowest BCUT2D eigenvalue weighted by Crippen LogP contribution is -2.16. The van der Waals surface area contributed by atoms with Crippen LogP contribution in [-0.2, 0) is 6.54 Å². The first-order valence-corrected chi connectivity index (χ1v) is 8.41. The lowest BCUT2D eigenvalue weighted by Gasteiger charge is -2.09. The van der Waals surface area contributed by atoms with Gasteiger partial charge < -0.3 is 14.8 Å². The highest BCUT2D eigenvalue weighted by Gasteiger charge is 2.21. The summed E-state index contributed by atoms with van der Waals surface area (Å²) in [7, 11) is 0. The number of benzene rings is 1. The maximum Gasteiger partial charge on any atom is 0.257 e. The Hall–Kier alpha value is -2.51. The highest BCUT2D eigenvalue weighted by Crippen LogP contribution is 2.39. The van der Waals surface area contributed by atoms with E-state index in [-0.39, 0.29) is 12.7 Å². The van der Waals surface area contributed by atoms with Crippen molar-refractivity contribution in [3.8, 4) is 11.5 Å². The fraction of sp³-hybridized carbons (Fsp3) is 0.125. The first-order valence-electron chi connectivity index (χ1n) is 7.15. The number of aromatic nitrogens is 2. The van der Waals surface area contributed by atoms with E-state index in [1.54, 1.807) is 40.4 Å². The number of nitrogens with one attached hydrogen (secondary N) is 1. The molecule has 0 atom stereocenters. The molecular weight excluding hydrogens is 350 g/mol. The molecule has 8 heteroatoms. The molecule has 24 heavy (non-hydrogen) atoms. The highest BCUT2D eigenvalue weighted by atomic mass is 35.5. The van der Waals surface area contributed by atoms with Gasteiger partial charge in [-0.25, -0.2) is 4.68 Å². The van der Waals surface area contributed by atoms with Crippen molar-refractivity contribution in [2.24, 2.45) is 0 Å². The van der Waals surface area contributed by atoms with Crippen LogP contribution in [0.4, 0.5) is 5.82 Å². The summed E-state index contributed by atoms with van der Waals surface area (Å²) in [5, 5.41) is 9.45. The quantitative estimate of drug-likeness (QED) is 0.770. The number of carbonyl (C=O) groups excluding carboxylic acids is 1. The second-order valence-corrected chi connectivity index (χ2v) is 6.54. The van der Waals surface area contributed by atoms with Gasteiger partial charge in [0.15, 0.2) is 11.5 Å². The number of halogens is 1. The lowest BCUT2D eigenvalue weighted by molar-refractivity contribution is 0.102. The molecule has 0 aliphatic carbocycles. The van der Waals surface area contributed by atoms with Gasteiger partial charge in [-0.15, -0.1) is 11.3 Å². The van der Waals surface area contributed by atoms with E-state index in [2.05, 4.69) is 10.4 Å². The van der Waals surface area contributed by atoms with E-state index >= 15 is 0 Å². The second kappa shape index (κ2) is 6.18. The van der Waals surface area contributed by atoms with Crippen LogP contribution in [0.1, 0.15) is 15.2 Å². The largest absolute Gasteiger partial charge is 0.454 e. The van der Waals surface area contributed by atoms with E-state index in [0.717, 1.165) is 4.88 Å². The number of rotatable bonds is 4. The van der Waals surface area contributed by atoms with Gasteiger partial charge in [-0.2, -0.15) is 5.10 Å². The van der Waals surface area contributed by atoms with Crippen LogP contribution in [-0.4, -0.2) is 22.5 Å². The number of ether oxygens (including phenoxy) is 2. The molecular formula is C16H12ClN3O3S. The van der Waals surface area contributed by atoms with Gasteiger partial charge >= 0.3 is 0 Å². The number of thiophene rings is 1. The summed E-state index contributed by atoms with van der Waals surface area (Å²) in [5.74, 6) is 1.26. The topological polar surface area (TPSA) is 65.4 Å². The second-order valence-electron chi connectivity index (χ2n) is 5.10. The van der Waals surface area contributed by atoms with Crippen LogP contribution in [0.2, 0.25) is 5.02 Å². The number of anilines is 1. The molecule has 122 valence electrons. The van der Waals surface area contributed by atoms with Crippen LogP contribution < -0.4 is 14.8 Å². The molecule has 4 rings (SSSR count). The van der Waals surface area contributed by atoms with Gasteiger partial charge in [0.1, 0.15) is 5.82 Å². The van der Waals surface area contributed by atoms with Crippen LogP contribution in [0.5, 0.6) is 11.5 Å². The molecule has 0 saturated carbocycles. The molecule has 1 aliphatic rings. The molecule has 0 bridgehead atoms. The average molecular weight is 362 g/mol. The van der Waals surface area contributed by atoms with E-state index in [0.29, 0.717) is 34.4 Å². The molecule has 0 fully saturated rings. The molecule has 6 nitrogen and oxygen atoms in total. The van der Waals surface area contributed by atoms with Crippen molar-refractivity contribution in [2.75, 3.05) is 12.1 Å². The number of nitrogens with zero attached hydrogens (tertiary/aromatic N) is 2. The summed E-state index contributed by atoms with van der Waals surface area (Å²) in [5.41, 5.74) is 0.396. The SMILES string of the molecule is O=C(Nc1ccnn1Cc1cccs1)c1cc(Cl)c2c(c1)OCO2. The van der Waals surface area contributed by atoms with Crippen LogP contribution in [0.25, 0.3) is 0 Å². The summed E-state index contributed by atoms with van der Waals surface area (Å²) >= 11 is 7.76. The first kappa shape index (κ1) is 15.0. The van der Waals surface area contributed by atoms with Crippen molar-refractivity contribution in [3.05, 3.63) is 57.4 Å². The zero-order chi connectivity index (χ0) is 16.5. The minimum absolute atomic E-state index is 0.105. The maximum atomic E-state index is 12.5. The molecule has 0 unspecified atom stereocenters. The van der Waals surface area contributed by atoms with Gasteiger partial charge in [-0.05, 0) is 23.6 Å². The third-order valence-corrected chi connectivity index (χ3v) is 4.68. The first-order chi connectivity index (χ1) is 11.7. The van der Waals surface area contributed by atoms with Crippen molar-refractivity contribution in [3.63, 3.8) is 0 Å². The molecule has 1 N–H and O–H groups in total. The lowest BCUT2D eigenvalue weighted by atomic mass is 10.2. The smallest absolute Gasteiger partial charge is 0.257 e. The van der Waals surface area contributed by atoms with Gasteiger partial charge in [-0.3, -0.25) is 4.79 Å². The predicted molar refractivity (Wildman–Crippen MR) is 91.2 cm³/mol. The van der Waals surface area contributed by atoms with E-state index in [1.165, 1.54) is 0 Å². The van der Waals surface area contributed by atoms with Gasteiger partial charge in [0, 0.05) is 16.5 Å².